The number of likely N-dealkylation sites (N-methyl/N-ethyl adjacent to an activating group) is 1. The molecule has 0 bridgehead atoms. The molecule has 0 radical (unpaired) electrons. The zero-order valence-corrected chi connectivity index (χ0v) is 16.1. The van der Waals surface area contributed by atoms with Crippen LogP contribution in [0.4, 0.5) is 0 Å². The zero-order valence-electron chi connectivity index (χ0n) is 16.1. The van der Waals surface area contributed by atoms with Crippen molar-refractivity contribution in [1.82, 2.24) is 14.9 Å². The largest absolute Gasteiger partial charge is 0.372 e. The topological polar surface area (TPSA) is 109 Å². The van der Waals surface area contributed by atoms with Gasteiger partial charge in [0.15, 0.2) is 11.9 Å². The van der Waals surface area contributed by atoms with E-state index >= 15 is 0 Å². The molecule has 7 heteroatoms. The molecular weight excluding hydrogens is 368 g/mol. The number of hydrogen-bond acceptors (Lipinski definition) is 5. The van der Waals surface area contributed by atoms with Crippen molar-refractivity contribution in [3.63, 3.8) is 0 Å². The third kappa shape index (κ3) is 4.39. The van der Waals surface area contributed by atoms with Crippen LogP contribution in [0.25, 0.3) is 22.3 Å². The van der Waals surface area contributed by atoms with E-state index in [1.54, 1.807) is 49.5 Å². The highest BCUT2D eigenvalue weighted by molar-refractivity contribution is 6.04. The molecule has 29 heavy (non-hydrogen) atoms. The number of carbonyl (C=O) groups is 2. The summed E-state index contributed by atoms with van der Waals surface area (Å²) in [6, 6.07) is 14.1. The zero-order chi connectivity index (χ0) is 21.0. The van der Waals surface area contributed by atoms with Crippen LogP contribution in [0.3, 0.4) is 0 Å². The minimum atomic E-state index is -1.40. The Balaban J connectivity index is 1.98. The fourth-order valence-corrected chi connectivity index (χ4v) is 2.71. The van der Waals surface area contributed by atoms with Crippen molar-refractivity contribution >= 4 is 22.7 Å². The Kier molecular flexibility index (Phi) is 5.86. The second-order valence-corrected chi connectivity index (χ2v) is 6.38. The van der Waals surface area contributed by atoms with E-state index in [0.717, 1.165) is 0 Å². The summed E-state index contributed by atoms with van der Waals surface area (Å²) in [5.41, 5.74) is 7.44. The van der Waals surface area contributed by atoms with Gasteiger partial charge in [0, 0.05) is 30.1 Å². The Morgan fingerprint density at radius 1 is 1.17 bits per heavy atom. The molecule has 1 aromatic heterocycles. The predicted octanol–water partition coefficient (Wildman–Crippen LogP) is 1.59. The standard InChI is InChI=1S/C22H20N4O3/c1-3-26(2)22(29)18(27)12-11-14-7-6-8-15(13-14)21-24-17-10-5-4-9-16(17)19(25-21)20(23)28/h4-10,13,18,27H,3H2,1-2H3,(H2,23,28). The molecule has 0 saturated carbocycles. The van der Waals surface area contributed by atoms with Crippen LogP contribution in [0.15, 0.2) is 48.5 Å². The Labute approximate surface area is 168 Å². The second kappa shape index (κ2) is 8.50. The van der Waals surface area contributed by atoms with Gasteiger partial charge in [0.2, 0.25) is 0 Å². The molecule has 146 valence electrons. The number of carbonyl (C=O) groups excluding carboxylic acids is 2. The fraction of sp³-hybridized carbons (Fsp3) is 0.182. The SMILES string of the molecule is CCN(C)C(=O)C(O)C#Cc1cccc(-c2nc(C(N)=O)c3ccccc3n2)c1. The first-order valence-electron chi connectivity index (χ1n) is 9.02. The minimum Gasteiger partial charge on any atom is -0.372 e. The third-order valence-corrected chi connectivity index (χ3v) is 4.40. The van der Waals surface area contributed by atoms with Gasteiger partial charge in [-0.05, 0) is 25.1 Å². The second-order valence-electron chi connectivity index (χ2n) is 6.38. The van der Waals surface area contributed by atoms with Crippen LogP contribution >= 0.6 is 0 Å². The van der Waals surface area contributed by atoms with E-state index in [9.17, 15) is 14.7 Å². The Morgan fingerprint density at radius 2 is 1.93 bits per heavy atom. The van der Waals surface area contributed by atoms with E-state index < -0.39 is 17.9 Å². The molecule has 1 heterocycles. The van der Waals surface area contributed by atoms with Crippen molar-refractivity contribution < 1.29 is 14.7 Å². The summed E-state index contributed by atoms with van der Waals surface area (Å²) in [7, 11) is 1.60. The number of benzene rings is 2. The first-order valence-corrected chi connectivity index (χ1v) is 9.02. The molecule has 3 rings (SSSR count). The highest BCUT2D eigenvalue weighted by Crippen LogP contribution is 2.22. The van der Waals surface area contributed by atoms with Crippen LogP contribution in [0.2, 0.25) is 0 Å². The molecule has 0 aliphatic carbocycles. The molecule has 0 fully saturated rings. The maximum Gasteiger partial charge on any atom is 0.268 e. The van der Waals surface area contributed by atoms with Crippen LogP contribution in [0.5, 0.6) is 0 Å². The molecular formula is C22H20N4O3. The lowest BCUT2D eigenvalue weighted by Gasteiger charge is -2.15. The lowest BCUT2D eigenvalue weighted by atomic mass is 10.1. The number of nitrogens with two attached hydrogens (primary N) is 1. The number of primary amides is 1. The third-order valence-electron chi connectivity index (χ3n) is 4.40. The van der Waals surface area contributed by atoms with Gasteiger partial charge in [-0.3, -0.25) is 9.59 Å². The molecule has 7 nitrogen and oxygen atoms in total. The molecule has 2 amide bonds. The van der Waals surface area contributed by atoms with Crippen molar-refractivity contribution in [2.45, 2.75) is 13.0 Å². The summed E-state index contributed by atoms with van der Waals surface area (Å²) in [5.74, 6) is 4.59. The van der Waals surface area contributed by atoms with Gasteiger partial charge in [0.25, 0.3) is 11.8 Å². The molecule has 2 aromatic carbocycles. The van der Waals surface area contributed by atoms with E-state index in [1.807, 2.05) is 13.0 Å². The summed E-state index contributed by atoms with van der Waals surface area (Å²) < 4.78 is 0. The molecule has 3 aromatic rings. The summed E-state index contributed by atoms with van der Waals surface area (Å²) in [4.78, 5) is 34.0. The van der Waals surface area contributed by atoms with Crippen molar-refractivity contribution in [3.05, 3.63) is 59.8 Å². The summed E-state index contributed by atoms with van der Waals surface area (Å²) in [5, 5.41) is 10.5. The van der Waals surface area contributed by atoms with Crippen LogP contribution < -0.4 is 5.73 Å². The van der Waals surface area contributed by atoms with Gasteiger partial charge in [-0.2, -0.15) is 0 Å². The first kappa shape index (κ1) is 20.0. The lowest BCUT2D eigenvalue weighted by molar-refractivity contribution is -0.135. The fourth-order valence-electron chi connectivity index (χ4n) is 2.71. The molecule has 1 unspecified atom stereocenters. The van der Waals surface area contributed by atoms with Crippen molar-refractivity contribution in [1.29, 1.82) is 0 Å². The Hall–Kier alpha value is -3.76. The van der Waals surface area contributed by atoms with Gasteiger partial charge in [0.05, 0.1) is 5.52 Å². The molecule has 1 atom stereocenters. The van der Waals surface area contributed by atoms with Crippen molar-refractivity contribution in [3.8, 4) is 23.2 Å². The monoisotopic (exact) mass is 388 g/mol. The number of aliphatic hydroxyl groups is 1. The van der Waals surface area contributed by atoms with Crippen LogP contribution in [-0.4, -0.2) is 51.5 Å². The van der Waals surface area contributed by atoms with E-state index in [2.05, 4.69) is 21.8 Å². The molecule has 0 saturated heterocycles. The summed E-state index contributed by atoms with van der Waals surface area (Å²) in [6.45, 7) is 2.29. The average Bonchev–Trinajstić information content (AvgIpc) is 2.75. The van der Waals surface area contributed by atoms with Gasteiger partial charge in [-0.1, -0.05) is 42.2 Å². The number of amides is 2. The smallest absolute Gasteiger partial charge is 0.268 e. The van der Waals surface area contributed by atoms with E-state index in [0.29, 0.717) is 34.4 Å². The highest BCUT2D eigenvalue weighted by Gasteiger charge is 2.16. The van der Waals surface area contributed by atoms with Crippen LogP contribution in [0.1, 0.15) is 23.0 Å². The maximum absolute atomic E-state index is 11.9. The Morgan fingerprint density at radius 3 is 2.66 bits per heavy atom. The molecule has 0 spiro atoms. The predicted molar refractivity (Wildman–Crippen MR) is 110 cm³/mol. The Bertz CT molecular complexity index is 1150. The number of aromatic nitrogens is 2. The summed E-state index contributed by atoms with van der Waals surface area (Å²) >= 11 is 0. The van der Waals surface area contributed by atoms with Gasteiger partial charge in [-0.25, -0.2) is 9.97 Å². The van der Waals surface area contributed by atoms with Gasteiger partial charge in [-0.15, -0.1) is 0 Å². The quantitative estimate of drug-likeness (QED) is 0.660. The van der Waals surface area contributed by atoms with E-state index in [-0.39, 0.29) is 5.69 Å². The normalized spacial score (nSPS) is 11.4. The van der Waals surface area contributed by atoms with Crippen molar-refractivity contribution in [2.75, 3.05) is 13.6 Å². The highest BCUT2D eigenvalue weighted by atomic mass is 16.3. The minimum absolute atomic E-state index is 0.144. The lowest BCUT2D eigenvalue weighted by Crippen LogP contribution is -2.35. The van der Waals surface area contributed by atoms with Gasteiger partial charge in [0.1, 0.15) is 5.69 Å². The molecule has 0 aliphatic rings. The van der Waals surface area contributed by atoms with Crippen molar-refractivity contribution in [2.24, 2.45) is 5.73 Å². The van der Waals surface area contributed by atoms with Gasteiger partial charge < -0.3 is 15.7 Å². The number of aliphatic hydroxyl groups excluding tert-OH is 1. The number of rotatable bonds is 4. The average molecular weight is 388 g/mol. The summed E-state index contributed by atoms with van der Waals surface area (Å²) in [6.07, 6.45) is -1.40. The number of hydrogen-bond donors (Lipinski definition) is 2. The molecule has 0 aliphatic heterocycles. The van der Waals surface area contributed by atoms with E-state index in [1.165, 1.54) is 4.90 Å². The first-order chi connectivity index (χ1) is 13.9. The van der Waals surface area contributed by atoms with Crippen LogP contribution in [0, 0.1) is 11.8 Å². The number of para-hydroxylation sites is 1. The van der Waals surface area contributed by atoms with Crippen LogP contribution in [-0.2, 0) is 4.79 Å². The van der Waals surface area contributed by atoms with E-state index in [4.69, 9.17) is 5.73 Å². The molecule has 3 N–H and O–H groups in total. The van der Waals surface area contributed by atoms with Gasteiger partial charge >= 0.3 is 0 Å². The number of nitrogens with zero attached hydrogens (tertiary/aromatic N) is 3. The number of fused-ring (bicyclic) bond motifs is 1. The maximum atomic E-state index is 11.9.